The normalized spacial score (nSPS) is 12.1. The summed E-state index contributed by atoms with van der Waals surface area (Å²) in [5.41, 5.74) is 1.60. The van der Waals surface area contributed by atoms with Gasteiger partial charge in [0.15, 0.2) is 11.5 Å². The third-order valence-electron chi connectivity index (χ3n) is 4.59. The van der Waals surface area contributed by atoms with Crippen LogP contribution in [-0.2, 0) is 5.41 Å². The monoisotopic (exact) mass is 417 g/mol. The van der Waals surface area contributed by atoms with E-state index < -0.39 is 6.10 Å². The third kappa shape index (κ3) is 6.03. The summed E-state index contributed by atoms with van der Waals surface area (Å²) in [6.45, 7) is 6.52. The maximum absolute atomic E-state index is 12.5. The molecule has 0 radical (unpaired) electrons. The first kappa shape index (κ1) is 23.3. The summed E-state index contributed by atoms with van der Waals surface area (Å²) in [5, 5.41) is 12.8. The van der Waals surface area contributed by atoms with Gasteiger partial charge >= 0.3 is 0 Å². The van der Waals surface area contributed by atoms with Crippen molar-refractivity contribution in [2.75, 3.05) is 34.5 Å². The zero-order valence-electron chi connectivity index (χ0n) is 18.4. The number of methoxy groups -OCH3 is 3. The number of nitrogens with one attached hydrogen (secondary N) is 1. The molecule has 0 fully saturated rings. The lowest BCUT2D eigenvalue weighted by atomic mass is 9.87. The molecule has 30 heavy (non-hydrogen) atoms. The van der Waals surface area contributed by atoms with Crippen molar-refractivity contribution >= 4 is 5.91 Å². The van der Waals surface area contributed by atoms with E-state index in [4.69, 9.17) is 18.9 Å². The molecule has 1 amide bonds. The van der Waals surface area contributed by atoms with Gasteiger partial charge in [-0.2, -0.15) is 0 Å². The highest BCUT2D eigenvalue weighted by atomic mass is 16.5. The fourth-order valence-corrected chi connectivity index (χ4v) is 2.83. The molecular weight excluding hydrogens is 386 g/mol. The molecular formula is C23H31NO6. The molecule has 7 heteroatoms. The summed E-state index contributed by atoms with van der Waals surface area (Å²) >= 11 is 0. The van der Waals surface area contributed by atoms with Gasteiger partial charge in [-0.05, 0) is 35.2 Å². The Balaban J connectivity index is 1.91. The van der Waals surface area contributed by atoms with Crippen LogP contribution in [0.1, 0.15) is 36.7 Å². The number of carbonyl (C=O) groups excluding carboxylic acids is 1. The first-order chi connectivity index (χ1) is 14.2. The first-order valence-corrected chi connectivity index (χ1v) is 9.69. The molecule has 0 aromatic heterocycles. The Hall–Kier alpha value is -2.93. The Labute approximate surface area is 177 Å². The standard InChI is InChI=1S/C23H31NO6/c1-23(2,3)16-7-9-18(10-8-16)30-14-17(25)13-24-22(26)15-11-19(27-4)21(29-6)20(12-15)28-5/h7-12,17,25H,13-14H2,1-6H3,(H,24,26). The van der Waals surface area contributed by atoms with Crippen molar-refractivity contribution in [3.63, 3.8) is 0 Å². The highest BCUT2D eigenvalue weighted by Crippen LogP contribution is 2.38. The average molecular weight is 418 g/mol. The van der Waals surface area contributed by atoms with Crippen LogP contribution in [0.3, 0.4) is 0 Å². The van der Waals surface area contributed by atoms with E-state index in [-0.39, 0.29) is 24.5 Å². The summed E-state index contributed by atoms with van der Waals surface area (Å²) < 4.78 is 21.4. The van der Waals surface area contributed by atoms with Gasteiger partial charge in [0, 0.05) is 12.1 Å². The highest BCUT2D eigenvalue weighted by Gasteiger charge is 2.18. The van der Waals surface area contributed by atoms with Crippen LogP contribution in [0.4, 0.5) is 0 Å². The number of aliphatic hydroxyl groups is 1. The number of ether oxygens (including phenoxy) is 4. The molecule has 2 rings (SSSR count). The number of hydrogen-bond acceptors (Lipinski definition) is 6. The minimum Gasteiger partial charge on any atom is -0.493 e. The molecule has 0 aliphatic heterocycles. The molecule has 0 aliphatic carbocycles. The van der Waals surface area contributed by atoms with Gasteiger partial charge in [0.1, 0.15) is 18.5 Å². The molecule has 0 spiro atoms. The second-order valence-corrected chi connectivity index (χ2v) is 7.86. The van der Waals surface area contributed by atoms with Gasteiger partial charge in [0.2, 0.25) is 5.75 Å². The maximum atomic E-state index is 12.5. The second kappa shape index (κ2) is 10.2. The van der Waals surface area contributed by atoms with Crippen molar-refractivity contribution in [2.45, 2.75) is 32.3 Å². The molecule has 2 aromatic rings. The predicted octanol–water partition coefficient (Wildman–Crippen LogP) is 3.18. The van der Waals surface area contributed by atoms with Crippen LogP contribution in [-0.4, -0.2) is 51.6 Å². The molecule has 1 atom stereocenters. The van der Waals surface area contributed by atoms with Gasteiger partial charge in [0.25, 0.3) is 5.91 Å². The summed E-state index contributed by atoms with van der Waals surface area (Å²) in [5.74, 6) is 1.46. The van der Waals surface area contributed by atoms with Crippen LogP contribution >= 0.6 is 0 Å². The topological polar surface area (TPSA) is 86.3 Å². The molecule has 2 N–H and O–H groups in total. The van der Waals surface area contributed by atoms with Gasteiger partial charge in [-0.25, -0.2) is 0 Å². The molecule has 7 nitrogen and oxygen atoms in total. The number of benzene rings is 2. The van der Waals surface area contributed by atoms with E-state index in [1.54, 1.807) is 12.1 Å². The molecule has 0 saturated carbocycles. The van der Waals surface area contributed by atoms with Crippen molar-refractivity contribution in [1.29, 1.82) is 0 Å². The minimum absolute atomic E-state index is 0.0373. The first-order valence-electron chi connectivity index (χ1n) is 9.69. The summed E-state index contributed by atoms with van der Waals surface area (Å²) in [6.07, 6.45) is -0.863. The van der Waals surface area contributed by atoms with Crippen molar-refractivity contribution in [1.82, 2.24) is 5.32 Å². The van der Waals surface area contributed by atoms with Crippen molar-refractivity contribution in [2.24, 2.45) is 0 Å². The van der Waals surface area contributed by atoms with Crippen LogP contribution in [0, 0.1) is 0 Å². The van der Waals surface area contributed by atoms with Crippen molar-refractivity contribution in [3.8, 4) is 23.0 Å². The van der Waals surface area contributed by atoms with Crippen LogP contribution in [0.15, 0.2) is 36.4 Å². The van der Waals surface area contributed by atoms with E-state index in [0.29, 0.717) is 28.6 Å². The Morgan fingerprint density at radius 2 is 1.57 bits per heavy atom. The predicted molar refractivity (Wildman–Crippen MR) is 115 cm³/mol. The zero-order valence-corrected chi connectivity index (χ0v) is 18.4. The lowest BCUT2D eigenvalue weighted by Gasteiger charge is -2.19. The van der Waals surface area contributed by atoms with Crippen molar-refractivity contribution < 1.29 is 28.8 Å². The fourth-order valence-electron chi connectivity index (χ4n) is 2.83. The van der Waals surface area contributed by atoms with E-state index >= 15 is 0 Å². The van der Waals surface area contributed by atoms with Gasteiger partial charge < -0.3 is 29.4 Å². The van der Waals surface area contributed by atoms with Crippen LogP contribution in [0.25, 0.3) is 0 Å². The number of rotatable bonds is 9. The minimum atomic E-state index is -0.863. The lowest BCUT2D eigenvalue weighted by Crippen LogP contribution is -2.35. The van der Waals surface area contributed by atoms with E-state index in [2.05, 4.69) is 26.1 Å². The third-order valence-corrected chi connectivity index (χ3v) is 4.59. The molecule has 164 valence electrons. The van der Waals surface area contributed by atoms with Crippen molar-refractivity contribution in [3.05, 3.63) is 47.5 Å². The summed E-state index contributed by atoms with van der Waals surface area (Å²) in [6, 6.07) is 10.9. The van der Waals surface area contributed by atoms with E-state index in [1.807, 2.05) is 24.3 Å². The summed E-state index contributed by atoms with van der Waals surface area (Å²) in [7, 11) is 4.45. The smallest absolute Gasteiger partial charge is 0.251 e. The van der Waals surface area contributed by atoms with E-state index in [9.17, 15) is 9.90 Å². The van der Waals surface area contributed by atoms with Gasteiger partial charge in [-0.1, -0.05) is 32.9 Å². The molecule has 1 unspecified atom stereocenters. The quantitative estimate of drug-likeness (QED) is 0.652. The SMILES string of the molecule is COc1cc(C(=O)NCC(O)COc2ccc(C(C)(C)C)cc2)cc(OC)c1OC. The molecule has 0 aliphatic rings. The summed E-state index contributed by atoms with van der Waals surface area (Å²) in [4.78, 5) is 12.5. The number of carbonyl (C=O) groups is 1. The Kier molecular flexibility index (Phi) is 7.94. The lowest BCUT2D eigenvalue weighted by molar-refractivity contribution is 0.0843. The Bertz CT molecular complexity index is 817. The second-order valence-electron chi connectivity index (χ2n) is 7.86. The molecule has 0 saturated heterocycles. The zero-order chi connectivity index (χ0) is 22.3. The largest absolute Gasteiger partial charge is 0.493 e. The van der Waals surface area contributed by atoms with Crippen LogP contribution in [0.2, 0.25) is 0 Å². The van der Waals surface area contributed by atoms with E-state index in [1.165, 1.54) is 26.9 Å². The molecule has 0 bridgehead atoms. The van der Waals surface area contributed by atoms with Crippen LogP contribution in [0.5, 0.6) is 23.0 Å². The van der Waals surface area contributed by atoms with E-state index in [0.717, 1.165) is 0 Å². The van der Waals surface area contributed by atoms with Gasteiger partial charge in [-0.3, -0.25) is 4.79 Å². The average Bonchev–Trinajstić information content (AvgIpc) is 2.74. The highest BCUT2D eigenvalue weighted by molar-refractivity contribution is 5.95. The van der Waals surface area contributed by atoms with Gasteiger partial charge in [0.05, 0.1) is 21.3 Å². The maximum Gasteiger partial charge on any atom is 0.251 e. The number of hydrogen-bond donors (Lipinski definition) is 2. The number of amides is 1. The Morgan fingerprint density at radius 1 is 1.00 bits per heavy atom. The number of aliphatic hydroxyl groups excluding tert-OH is 1. The molecule has 2 aromatic carbocycles. The fraction of sp³-hybridized carbons (Fsp3) is 0.435. The Morgan fingerprint density at radius 3 is 2.03 bits per heavy atom. The molecule has 0 heterocycles. The van der Waals surface area contributed by atoms with Crippen LogP contribution < -0.4 is 24.3 Å². The van der Waals surface area contributed by atoms with Gasteiger partial charge in [-0.15, -0.1) is 0 Å².